The van der Waals surface area contributed by atoms with Gasteiger partial charge in [0.15, 0.2) is 6.10 Å². The van der Waals surface area contributed by atoms with Crippen LogP contribution in [0.4, 0.5) is 21.0 Å². The summed E-state index contributed by atoms with van der Waals surface area (Å²) >= 11 is 0. The van der Waals surface area contributed by atoms with Crippen LogP contribution in [0.3, 0.4) is 0 Å². The molecule has 4 heterocycles. The molecule has 32 heteroatoms. The number of benzene rings is 4. The maximum Gasteiger partial charge on any atom is 0.322 e. The largest absolute Gasteiger partial charge is 0.493 e. The number of nitrogens with zero attached hydrogens (tertiary/aromatic N) is 6. The Morgan fingerprint density at radius 1 is 0.509 bits per heavy atom. The van der Waals surface area contributed by atoms with Crippen LogP contribution >= 0.6 is 0 Å². The molecule has 8 bridgehead atoms. The zero-order valence-corrected chi connectivity index (χ0v) is 67.9. The molecule has 116 heavy (non-hydrogen) atoms. The van der Waals surface area contributed by atoms with Crippen molar-refractivity contribution in [3.05, 3.63) is 120 Å². The van der Waals surface area contributed by atoms with E-state index < -0.39 is 139 Å². The zero-order chi connectivity index (χ0) is 83.5. The molecular formula is C84H116N14O18. The van der Waals surface area contributed by atoms with Crippen LogP contribution in [0.1, 0.15) is 153 Å². The number of rotatable bonds is 24. The third kappa shape index (κ3) is 24.7. The number of amides is 14. The molecule has 0 radical (unpaired) electrons. The normalized spacial score (nSPS) is 21.8. The van der Waals surface area contributed by atoms with Gasteiger partial charge in [-0.1, -0.05) is 138 Å². The number of Topliss-reactive ketones (excluding diaryl/α,β-unsaturated/α-hetero) is 1. The number of ether oxygens (including phenoxy) is 4. The van der Waals surface area contributed by atoms with Crippen molar-refractivity contribution in [2.75, 3.05) is 105 Å². The Kier molecular flexibility index (Phi) is 33.7. The summed E-state index contributed by atoms with van der Waals surface area (Å²) in [6, 6.07) is 22.5. The molecule has 4 aliphatic heterocycles. The fourth-order valence-electron chi connectivity index (χ4n) is 15.5. The number of urea groups is 2. The second-order valence-corrected chi connectivity index (χ2v) is 30.9. The number of carbonyl (C=O) groups excluding carboxylic acids is 13. The van der Waals surface area contributed by atoms with E-state index in [9.17, 15) is 67.4 Å². The highest BCUT2D eigenvalue weighted by atomic mass is 16.5. The van der Waals surface area contributed by atoms with Gasteiger partial charge < -0.3 is 86.2 Å². The molecule has 0 spiro atoms. The molecule has 11 atom stereocenters. The third-order valence-corrected chi connectivity index (χ3v) is 22.0. The Bertz CT molecular complexity index is 4030. The van der Waals surface area contributed by atoms with E-state index >= 15 is 0 Å². The first-order valence-corrected chi connectivity index (χ1v) is 40.6. The van der Waals surface area contributed by atoms with Crippen LogP contribution in [-0.4, -0.2) is 251 Å². The Morgan fingerprint density at radius 3 is 1.35 bits per heavy atom. The Balaban J connectivity index is 0.000000265. The number of aliphatic hydroxyl groups excluding tert-OH is 1. The van der Waals surface area contributed by atoms with Gasteiger partial charge in [-0.15, -0.1) is 0 Å². The molecule has 2 saturated carbocycles. The number of ketones is 1. The fraction of sp³-hybridized carbons (Fsp3) is 0.560. The van der Waals surface area contributed by atoms with Crippen LogP contribution < -0.4 is 61.8 Å². The monoisotopic (exact) mass is 1610 g/mol. The van der Waals surface area contributed by atoms with Gasteiger partial charge in [-0.2, -0.15) is 0 Å². The van der Waals surface area contributed by atoms with E-state index in [0.717, 1.165) is 64.2 Å². The molecule has 4 aromatic carbocycles. The maximum atomic E-state index is 14.6. The predicted octanol–water partition coefficient (Wildman–Crippen LogP) is 4.72. The van der Waals surface area contributed by atoms with Gasteiger partial charge in [0.2, 0.25) is 53.0 Å². The minimum atomic E-state index is -1.74. The summed E-state index contributed by atoms with van der Waals surface area (Å²) in [7, 11) is 9.51. The highest BCUT2D eigenvalue weighted by molar-refractivity contribution is 6.38. The summed E-state index contributed by atoms with van der Waals surface area (Å²) in [6.45, 7) is 4.04. The van der Waals surface area contributed by atoms with Crippen LogP contribution in [0.5, 0.6) is 11.5 Å². The average Bonchev–Trinajstić information content (AvgIpc) is 1.67. The number of aliphatic hydroxyl groups is 1. The SMILES string of the molecule is CCCC(NC(=O)[C@@H]1C[C@@H]2CN1C(=O)[C@H](C1CCCCC1)NC(=O)N(C)c1cccc(c1)OCCCO2)C(=O)C(=O)NCC(=O)N[C@H](C(=O)N(C)C)c1ccccc1.CCCC(NC(=O)[C@@H]1C[C@@H]2CN1C(=O)[C@H](C1CCCCC1)NC(=O)N(C)c1cccc(c1)OCCCO2)C(O)C(=O)NCC(=O)N[C@H](C(=O)N(C)C)c1ccccc1. The number of hydrogen-bond acceptors (Lipinski definition) is 18. The third-order valence-electron chi connectivity index (χ3n) is 22.0. The molecule has 2 aliphatic carbocycles. The lowest BCUT2D eigenvalue weighted by Crippen LogP contribution is -2.59. The molecule has 3 unspecified atom stereocenters. The second-order valence-electron chi connectivity index (χ2n) is 30.9. The van der Waals surface area contributed by atoms with Crippen LogP contribution in [0, 0.1) is 11.8 Å². The van der Waals surface area contributed by atoms with Crippen LogP contribution in [0.2, 0.25) is 0 Å². The lowest BCUT2D eigenvalue weighted by Gasteiger charge is -2.36. The summed E-state index contributed by atoms with van der Waals surface area (Å²) in [5.41, 5.74) is 2.28. The number of hydrogen-bond donors (Lipinski definition) is 9. The quantitative estimate of drug-likeness (QED) is 0.0428. The van der Waals surface area contributed by atoms with E-state index in [4.69, 9.17) is 18.9 Å². The highest BCUT2D eigenvalue weighted by Gasteiger charge is 2.48. The van der Waals surface area contributed by atoms with E-state index in [1.807, 2.05) is 13.0 Å². The van der Waals surface area contributed by atoms with Gasteiger partial charge >= 0.3 is 12.1 Å². The van der Waals surface area contributed by atoms with Crippen molar-refractivity contribution < 1.29 is 86.4 Å². The number of carbonyl (C=O) groups is 13. The Hall–Kier alpha value is -10.7. The minimum Gasteiger partial charge on any atom is -0.493 e. The second kappa shape index (κ2) is 43.8. The summed E-state index contributed by atoms with van der Waals surface area (Å²) < 4.78 is 24.2. The number of anilines is 2. The molecule has 630 valence electrons. The first-order valence-electron chi connectivity index (χ1n) is 40.6. The summed E-state index contributed by atoms with van der Waals surface area (Å²) in [5.74, 6) is -6.13. The molecule has 0 aromatic heterocycles. The van der Waals surface area contributed by atoms with Crippen molar-refractivity contribution in [3.63, 3.8) is 0 Å². The molecule has 32 nitrogen and oxygen atoms in total. The van der Waals surface area contributed by atoms with Crippen LogP contribution in [-0.2, 0) is 62.2 Å². The zero-order valence-electron chi connectivity index (χ0n) is 67.9. The van der Waals surface area contributed by atoms with Gasteiger partial charge in [0, 0.05) is 105 Å². The van der Waals surface area contributed by atoms with Crippen molar-refractivity contribution in [1.29, 1.82) is 0 Å². The van der Waals surface area contributed by atoms with Gasteiger partial charge in [0.25, 0.3) is 11.8 Å². The standard InChI is InChI=1S/C42H59N7O9.C42H57N7O9/c2*1-5-14-32(37(51)39(53)43-25-34(50)45-35(40(54)47(2)3)27-15-8-6-9-16-27)44-38(52)33-24-31-26-49(33)41(55)36(28-17-10-7-11-18-28)46-42(56)48(4)29-19-12-20-30(23-29)57-21-13-22-58-31/h6,8-9,12,15-16,19-20,23,28,31-33,35-37,51H,5,7,10-11,13-14,17-18,21-22,24-26H2,1-4H3,(H,43,53)(H,44,52)(H,45,50)(H,46,56);6,8-9,12,15-16,19-20,23,28,31-33,35-36H,5,7,10-11,13-14,17-18,21-22,24-26H2,1-4H3,(H,43,53)(H,44,52)(H,45,50)(H,46,56)/t31-,32?,33+,35+,36+,37?;31-,32?,33+,35+,36+/m11/s1. The lowest BCUT2D eigenvalue weighted by atomic mass is 9.83. The summed E-state index contributed by atoms with van der Waals surface area (Å²) in [6.07, 6.45) is 8.54. The maximum absolute atomic E-state index is 14.6. The molecule has 10 rings (SSSR count). The van der Waals surface area contributed by atoms with Gasteiger partial charge in [-0.3, -0.25) is 62.5 Å². The molecular weight excluding hydrogens is 1490 g/mol. The predicted molar refractivity (Wildman–Crippen MR) is 430 cm³/mol. The average molecular weight is 1610 g/mol. The topological polar surface area (TPSA) is 395 Å². The number of likely N-dealkylation sites (N-methyl/N-ethyl adjacent to an activating group) is 2. The minimum absolute atomic E-state index is 0.0913. The summed E-state index contributed by atoms with van der Waals surface area (Å²) in [4.78, 5) is 185. The first-order chi connectivity index (χ1) is 55.7. The molecule has 4 fully saturated rings. The molecule has 2 saturated heterocycles. The smallest absolute Gasteiger partial charge is 0.322 e. The van der Waals surface area contributed by atoms with E-state index in [2.05, 4.69) is 42.5 Å². The van der Waals surface area contributed by atoms with Crippen molar-refractivity contribution in [2.45, 2.75) is 196 Å². The Morgan fingerprint density at radius 2 is 0.931 bits per heavy atom. The fourth-order valence-corrected chi connectivity index (χ4v) is 15.5. The molecule has 4 aromatic rings. The van der Waals surface area contributed by atoms with Crippen molar-refractivity contribution in [1.82, 2.24) is 62.1 Å². The van der Waals surface area contributed by atoms with Gasteiger partial charge in [0.05, 0.1) is 63.8 Å². The van der Waals surface area contributed by atoms with E-state index in [1.54, 1.807) is 152 Å². The molecule has 9 N–H and O–H groups in total. The number of nitrogens with one attached hydrogen (secondary N) is 8. The molecule has 14 amide bonds. The van der Waals surface area contributed by atoms with Crippen LogP contribution in [0.25, 0.3) is 0 Å². The van der Waals surface area contributed by atoms with E-state index in [1.165, 1.54) is 29.4 Å². The van der Waals surface area contributed by atoms with E-state index in [-0.39, 0.29) is 68.3 Å². The van der Waals surface area contributed by atoms with Crippen molar-refractivity contribution in [3.8, 4) is 11.5 Å². The van der Waals surface area contributed by atoms with Crippen molar-refractivity contribution in [2.24, 2.45) is 11.8 Å². The number of fused-ring (bicyclic) bond motifs is 8. The van der Waals surface area contributed by atoms with Gasteiger partial charge in [0.1, 0.15) is 47.8 Å². The lowest BCUT2D eigenvalue weighted by molar-refractivity contribution is -0.143. The van der Waals surface area contributed by atoms with Gasteiger partial charge in [-0.05, 0) is 85.8 Å². The molecule has 6 aliphatic rings. The summed E-state index contributed by atoms with van der Waals surface area (Å²) in [5, 5.41) is 32.8. The Labute approximate surface area is 678 Å². The first kappa shape index (κ1) is 89.2. The van der Waals surface area contributed by atoms with Crippen molar-refractivity contribution >= 4 is 88.3 Å². The van der Waals surface area contributed by atoms with E-state index in [0.29, 0.717) is 86.1 Å². The van der Waals surface area contributed by atoms with Crippen LogP contribution in [0.15, 0.2) is 109 Å². The van der Waals surface area contributed by atoms with Gasteiger partial charge in [-0.25, -0.2) is 9.59 Å². The highest BCUT2D eigenvalue weighted by Crippen LogP contribution is 2.34.